The second-order valence-electron chi connectivity index (χ2n) is 11.2. The van der Waals surface area contributed by atoms with Crippen LogP contribution in [0.5, 0.6) is 5.75 Å². The van der Waals surface area contributed by atoms with E-state index < -0.39 is 12.1 Å². The lowest BCUT2D eigenvalue weighted by molar-refractivity contribution is -0.127. The van der Waals surface area contributed by atoms with Crippen molar-refractivity contribution in [2.45, 2.75) is 97.8 Å². The Morgan fingerprint density at radius 3 is 2.66 bits per heavy atom. The smallest absolute Gasteiger partial charge is 0.255 e. The number of amides is 2. The van der Waals surface area contributed by atoms with E-state index in [2.05, 4.69) is 45.2 Å². The van der Waals surface area contributed by atoms with Gasteiger partial charge >= 0.3 is 0 Å². The second kappa shape index (κ2) is 10.2. The quantitative estimate of drug-likeness (QED) is 0.499. The van der Waals surface area contributed by atoms with Crippen molar-refractivity contribution in [3.8, 4) is 5.75 Å². The highest BCUT2D eigenvalue weighted by Crippen LogP contribution is 2.46. The first-order chi connectivity index (χ1) is 16.6. The largest absolute Gasteiger partial charge is 0.508 e. The van der Waals surface area contributed by atoms with Crippen molar-refractivity contribution >= 4 is 11.8 Å². The summed E-state index contributed by atoms with van der Waals surface area (Å²) in [5.74, 6) is -0.191. The fourth-order valence-corrected chi connectivity index (χ4v) is 5.88. The van der Waals surface area contributed by atoms with E-state index in [0.29, 0.717) is 37.9 Å². The summed E-state index contributed by atoms with van der Waals surface area (Å²) in [5, 5.41) is 24.7. The van der Waals surface area contributed by atoms with E-state index in [9.17, 15) is 19.8 Å². The van der Waals surface area contributed by atoms with Gasteiger partial charge in [0.2, 0.25) is 5.91 Å². The molecular weight excluding hydrogens is 440 g/mol. The first-order valence-corrected chi connectivity index (χ1v) is 13.0. The van der Waals surface area contributed by atoms with Crippen LogP contribution in [-0.2, 0) is 24.2 Å². The Bertz CT molecular complexity index is 1070. The molecule has 1 aliphatic carbocycles. The van der Waals surface area contributed by atoms with Gasteiger partial charge < -0.3 is 20.4 Å². The van der Waals surface area contributed by atoms with Gasteiger partial charge in [-0.1, -0.05) is 30.2 Å². The molecule has 35 heavy (non-hydrogen) atoms. The molecule has 3 N–H and O–H groups in total. The van der Waals surface area contributed by atoms with Crippen molar-refractivity contribution < 1.29 is 19.8 Å². The van der Waals surface area contributed by atoms with Crippen molar-refractivity contribution in [3.05, 3.63) is 51.6 Å². The lowest BCUT2D eigenvalue weighted by atomic mass is 9.67. The number of nitrogens with zero attached hydrogens (tertiary/aromatic N) is 1. The minimum Gasteiger partial charge on any atom is -0.508 e. The molecule has 1 saturated heterocycles. The maximum Gasteiger partial charge on any atom is 0.255 e. The van der Waals surface area contributed by atoms with Crippen molar-refractivity contribution in [1.82, 2.24) is 10.2 Å². The lowest BCUT2D eigenvalue weighted by Crippen LogP contribution is -2.50. The van der Waals surface area contributed by atoms with E-state index in [-0.39, 0.29) is 23.0 Å². The molecule has 3 aliphatic rings. The van der Waals surface area contributed by atoms with Gasteiger partial charge in [-0.2, -0.15) is 0 Å². The molecule has 190 valence electrons. The summed E-state index contributed by atoms with van der Waals surface area (Å²) in [6.07, 6.45) is 10.3. The number of carbonyl (C=O) groups excluding carboxylic acids is 2. The first-order valence-electron chi connectivity index (χ1n) is 13.0. The van der Waals surface area contributed by atoms with Crippen LogP contribution in [0.2, 0.25) is 0 Å². The highest BCUT2D eigenvalue weighted by Gasteiger charge is 2.44. The van der Waals surface area contributed by atoms with Crippen molar-refractivity contribution in [3.63, 3.8) is 0 Å². The number of phenolic OH excluding ortho intramolecular Hbond substituents is 1. The molecule has 0 aromatic heterocycles. The summed E-state index contributed by atoms with van der Waals surface area (Å²) >= 11 is 0. The molecule has 6 nitrogen and oxygen atoms in total. The van der Waals surface area contributed by atoms with Gasteiger partial charge in [0, 0.05) is 30.6 Å². The number of phenols is 1. The molecule has 0 saturated carbocycles. The number of rotatable bonds is 7. The van der Waals surface area contributed by atoms with Gasteiger partial charge in [-0.25, -0.2) is 0 Å². The van der Waals surface area contributed by atoms with Gasteiger partial charge in [0.25, 0.3) is 5.91 Å². The minimum atomic E-state index is -0.560. The van der Waals surface area contributed by atoms with E-state index in [0.717, 1.165) is 48.8 Å². The molecule has 0 bridgehead atoms. The Morgan fingerprint density at radius 2 is 1.94 bits per heavy atom. The number of hydrogen-bond acceptors (Lipinski definition) is 4. The number of aliphatic hydroxyl groups excluding tert-OH is 1. The summed E-state index contributed by atoms with van der Waals surface area (Å²) in [5.41, 5.74) is 5.54. The Labute approximate surface area is 209 Å². The maximum atomic E-state index is 13.3. The Morgan fingerprint density at radius 1 is 1.17 bits per heavy atom. The van der Waals surface area contributed by atoms with Gasteiger partial charge in [0.15, 0.2) is 0 Å². The number of carbonyl (C=O) groups is 2. The fourth-order valence-electron chi connectivity index (χ4n) is 5.88. The minimum absolute atomic E-state index is 0.0816. The van der Waals surface area contributed by atoms with Crippen LogP contribution in [0.1, 0.15) is 93.3 Å². The van der Waals surface area contributed by atoms with Crippen LogP contribution in [0.15, 0.2) is 29.4 Å². The van der Waals surface area contributed by atoms with Crippen LogP contribution < -0.4 is 5.32 Å². The summed E-state index contributed by atoms with van der Waals surface area (Å²) in [6.45, 7) is 9.57. The highest BCUT2D eigenvalue weighted by atomic mass is 16.3. The second-order valence-corrected chi connectivity index (χ2v) is 11.2. The van der Waals surface area contributed by atoms with Crippen molar-refractivity contribution in [2.75, 3.05) is 6.54 Å². The van der Waals surface area contributed by atoms with Crippen LogP contribution in [-0.4, -0.2) is 45.6 Å². The third-order valence-corrected chi connectivity index (χ3v) is 8.18. The maximum absolute atomic E-state index is 13.3. The Kier molecular flexibility index (Phi) is 7.41. The molecule has 3 atom stereocenters. The molecular formula is C29H40N2O4. The Hall–Kier alpha value is -2.60. The van der Waals surface area contributed by atoms with E-state index in [1.54, 1.807) is 11.0 Å². The van der Waals surface area contributed by atoms with E-state index in [4.69, 9.17) is 0 Å². The first kappa shape index (κ1) is 25.5. The molecule has 1 aromatic carbocycles. The molecule has 2 aliphatic heterocycles. The van der Waals surface area contributed by atoms with E-state index in [1.807, 2.05) is 0 Å². The molecule has 0 spiro atoms. The zero-order valence-corrected chi connectivity index (χ0v) is 21.6. The predicted molar refractivity (Wildman–Crippen MR) is 137 cm³/mol. The van der Waals surface area contributed by atoms with Crippen LogP contribution >= 0.6 is 0 Å². The number of nitrogens with one attached hydrogen (secondary N) is 1. The summed E-state index contributed by atoms with van der Waals surface area (Å²) in [7, 11) is 0. The van der Waals surface area contributed by atoms with E-state index >= 15 is 0 Å². The SMILES string of the molecule is CC(C)=CCC/C(C)=C/CC[C@]1(C)Cc2c(c(O)cc3c2CN([C@H]2CCCNC2=O)C3=O)C[C@@H]1O. The van der Waals surface area contributed by atoms with Crippen LogP contribution in [0.25, 0.3) is 0 Å². The topological polar surface area (TPSA) is 89.9 Å². The van der Waals surface area contributed by atoms with Crippen LogP contribution in [0.3, 0.4) is 0 Å². The number of piperidine rings is 1. The summed E-state index contributed by atoms with van der Waals surface area (Å²) < 4.78 is 0. The predicted octanol–water partition coefficient (Wildman–Crippen LogP) is 4.57. The molecule has 1 aromatic rings. The molecule has 6 heteroatoms. The average molecular weight is 481 g/mol. The highest BCUT2D eigenvalue weighted by molar-refractivity contribution is 6.02. The molecule has 2 amide bonds. The molecule has 0 radical (unpaired) electrons. The third-order valence-electron chi connectivity index (χ3n) is 8.18. The lowest BCUT2D eigenvalue weighted by Gasteiger charge is -2.40. The number of hydrogen-bond donors (Lipinski definition) is 3. The van der Waals surface area contributed by atoms with Gasteiger partial charge in [-0.05, 0) is 88.3 Å². The van der Waals surface area contributed by atoms with Gasteiger partial charge in [0.1, 0.15) is 11.8 Å². The standard InChI is InChI=1S/C29H40N2O4/c1-18(2)8-5-9-19(3)10-6-12-29(4)16-22-20(15-26(29)33)25(32)14-21-23(22)17-31(28(21)35)24-11-7-13-30-27(24)34/h8,10,14,24,26,32-33H,5-7,9,11-13,15-17H2,1-4H3,(H,30,34)/b19-10+/t24-,26-,29+/m0/s1. The third kappa shape index (κ3) is 5.18. The zero-order valence-electron chi connectivity index (χ0n) is 21.6. The number of fused-ring (bicyclic) bond motifs is 3. The molecule has 2 heterocycles. The van der Waals surface area contributed by atoms with Gasteiger partial charge in [-0.3, -0.25) is 9.59 Å². The zero-order chi connectivity index (χ0) is 25.3. The molecule has 4 rings (SSSR count). The number of benzene rings is 1. The number of aliphatic hydroxyl groups is 1. The van der Waals surface area contributed by atoms with Crippen LogP contribution in [0.4, 0.5) is 0 Å². The monoisotopic (exact) mass is 480 g/mol. The summed E-state index contributed by atoms with van der Waals surface area (Å²) in [4.78, 5) is 27.4. The fraction of sp³-hybridized carbons (Fsp3) is 0.586. The van der Waals surface area contributed by atoms with Gasteiger partial charge in [-0.15, -0.1) is 0 Å². The summed E-state index contributed by atoms with van der Waals surface area (Å²) in [6, 6.07) is 1.09. The number of allylic oxidation sites excluding steroid dienone is 4. The molecule has 1 fully saturated rings. The number of aromatic hydroxyl groups is 1. The normalized spacial score (nSPS) is 26.3. The van der Waals surface area contributed by atoms with Crippen LogP contribution in [0, 0.1) is 5.41 Å². The average Bonchev–Trinajstić information content (AvgIpc) is 3.11. The Balaban J connectivity index is 1.53. The van der Waals surface area contributed by atoms with Crippen molar-refractivity contribution in [1.29, 1.82) is 0 Å². The van der Waals surface area contributed by atoms with E-state index in [1.165, 1.54) is 11.1 Å². The molecule has 0 unspecified atom stereocenters. The van der Waals surface area contributed by atoms with Gasteiger partial charge in [0.05, 0.1) is 6.10 Å². The van der Waals surface area contributed by atoms with Crippen molar-refractivity contribution in [2.24, 2.45) is 5.41 Å².